The Morgan fingerprint density at radius 1 is 1.21 bits per heavy atom. The molecule has 0 N–H and O–H groups in total. The number of anilines is 1. The van der Waals surface area contributed by atoms with Crippen LogP contribution in [0.15, 0.2) is 29.1 Å². The van der Waals surface area contributed by atoms with Gasteiger partial charge in [0.25, 0.3) is 11.7 Å². The van der Waals surface area contributed by atoms with Crippen molar-refractivity contribution in [1.82, 2.24) is 5.16 Å². The summed E-state index contributed by atoms with van der Waals surface area (Å²) in [6, 6.07) is 1.57. The Bertz CT molecular complexity index is 683. The summed E-state index contributed by atoms with van der Waals surface area (Å²) in [5, 5.41) is 3.46. The van der Waals surface area contributed by atoms with Crippen molar-refractivity contribution in [3.63, 3.8) is 0 Å². The Kier molecular flexibility index (Phi) is 2.41. The molecule has 96 valence electrons. The Morgan fingerprint density at radius 2 is 1.95 bits per heavy atom. The van der Waals surface area contributed by atoms with Crippen molar-refractivity contribution in [2.24, 2.45) is 0 Å². The van der Waals surface area contributed by atoms with E-state index >= 15 is 0 Å². The predicted molar refractivity (Wildman–Crippen MR) is 58.4 cm³/mol. The van der Waals surface area contributed by atoms with Gasteiger partial charge in [-0.25, -0.2) is 8.78 Å². The number of hydrogen-bond acceptors (Lipinski definition) is 4. The van der Waals surface area contributed by atoms with E-state index in [0.29, 0.717) is 5.56 Å². The first-order chi connectivity index (χ1) is 9.08. The van der Waals surface area contributed by atoms with Crippen molar-refractivity contribution >= 4 is 17.4 Å². The van der Waals surface area contributed by atoms with E-state index < -0.39 is 23.3 Å². The van der Waals surface area contributed by atoms with Gasteiger partial charge < -0.3 is 9.42 Å². The normalized spacial score (nSPS) is 14.1. The fourth-order valence-corrected chi connectivity index (χ4v) is 1.93. The van der Waals surface area contributed by atoms with Crippen LogP contribution in [0, 0.1) is 11.6 Å². The summed E-state index contributed by atoms with van der Waals surface area (Å²) >= 11 is 0. The fraction of sp³-hybridized carbons (Fsp3) is 0.0833. The number of ketones is 1. The third kappa shape index (κ3) is 1.70. The van der Waals surface area contributed by atoms with Gasteiger partial charge in [0.15, 0.2) is 11.6 Å². The number of aromatic nitrogens is 1. The molecule has 1 aromatic carbocycles. The molecule has 2 aromatic rings. The number of Topliss-reactive ketones (excluding diaryl/α,β-unsaturated/α-hetero) is 1. The molecule has 0 atom stereocenters. The molecule has 2 heterocycles. The second kappa shape index (κ2) is 3.98. The SMILES string of the molecule is O=C1C(=O)N(Cc2cnoc2)c2cc(F)c(F)cc21. The summed E-state index contributed by atoms with van der Waals surface area (Å²) in [5.41, 5.74) is 0.453. The molecular weight excluding hydrogens is 258 g/mol. The number of hydrogen-bond donors (Lipinski definition) is 0. The maximum absolute atomic E-state index is 13.2. The molecule has 0 aliphatic carbocycles. The number of fused-ring (bicyclic) bond motifs is 1. The lowest BCUT2D eigenvalue weighted by molar-refractivity contribution is -0.114. The van der Waals surface area contributed by atoms with Gasteiger partial charge in [0, 0.05) is 11.6 Å². The summed E-state index contributed by atoms with van der Waals surface area (Å²) in [6.45, 7) is 0.00610. The van der Waals surface area contributed by atoms with E-state index in [9.17, 15) is 18.4 Å². The maximum atomic E-state index is 13.2. The highest BCUT2D eigenvalue weighted by Crippen LogP contribution is 2.32. The zero-order valence-electron chi connectivity index (χ0n) is 9.39. The molecule has 0 fully saturated rings. The third-order valence-electron chi connectivity index (χ3n) is 2.84. The second-order valence-electron chi connectivity index (χ2n) is 4.04. The van der Waals surface area contributed by atoms with Crippen molar-refractivity contribution in [2.75, 3.05) is 4.90 Å². The minimum atomic E-state index is -1.16. The van der Waals surface area contributed by atoms with Crippen LogP contribution in [-0.4, -0.2) is 16.8 Å². The first kappa shape index (κ1) is 11.5. The Morgan fingerprint density at radius 3 is 2.63 bits per heavy atom. The number of benzene rings is 1. The van der Waals surface area contributed by atoms with Gasteiger partial charge in [-0.05, 0) is 6.07 Å². The van der Waals surface area contributed by atoms with Crippen LogP contribution in [0.25, 0.3) is 0 Å². The van der Waals surface area contributed by atoms with Gasteiger partial charge >= 0.3 is 0 Å². The summed E-state index contributed by atoms with van der Waals surface area (Å²) in [4.78, 5) is 24.5. The van der Waals surface area contributed by atoms with E-state index in [2.05, 4.69) is 9.68 Å². The van der Waals surface area contributed by atoms with Gasteiger partial charge in [-0.3, -0.25) is 9.59 Å². The zero-order valence-corrected chi connectivity index (χ0v) is 9.39. The Balaban J connectivity index is 2.06. The molecule has 1 aliphatic heterocycles. The van der Waals surface area contributed by atoms with E-state index in [4.69, 9.17) is 0 Å². The van der Waals surface area contributed by atoms with Crippen LogP contribution < -0.4 is 4.90 Å². The van der Waals surface area contributed by atoms with Crippen LogP contribution in [-0.2, 0) is 11.3 Å². The Hall–Kier alpha value is -2.57. The smallest absolute Gasteiger partial charge is 0.299 e. The van der Waals surface area contributed by atoms with Crippen LogP contribution in [0.1, 0.15) is 15.9 Å². The van der Waals surface area contributed by atoms with Gasteiger partial charge in [-0.2, -0.15) is 0 Å². The highest BCUT2D eigenvalue weighted by atomic mass is 19.2. The topological polar surface area (TPSA) is 63.4 Å². The van der Waals surface area contributed by atoms with Crippen LogP contribution >= 0.6 is 0 Å². The van der Waals surface area contributed by atoms with Gasteiger partial charge in [-0.1, -0.05) is 5.16 Å². The molecule has 5 nitrogen and oxygen atoms in total. The molecule has 0 bridgehead atoms. The van der Waals surface area contributed by atoms with Crippen LogP contribution in [0.4, 0.5) is 14.5 Å². The van der Waals surface area contributed by atoms with E-state index in [0.717, 1.165) is 17.0 Å². The first-order valence-corrected chi connectivity index (χ1v) is 5.31. The van der Waals surface area contributed by atoms with E-state index in [1.807, 2.05) is 0 Å². The van der Waals surface area contributed by atoms with Crippen LogP contribution in [0.3, 0.4) is 0 Å². The molecule has 1 amide bonds. The number of rotatable bonds is 2. The molecule has 0 saturated carbocycles. The highest BCUT2D eigenvalue weighted by Gasteiger charge is 2.37. The molecule has 3 rings (SSSR count). The molecule has 19 heavy (non-hydrogen) atoms. The van der Waals surface area contributed by atoms with Crippen LogP contribution in [0.5, 0.6) is 0 Å². The molecule has 0 saturated heterocycles. The van der Waals surface area contributed by atoms with E-state index in [-0.39, 0.29) is 17.8 Å². The van der Waals surface area contributed by atoms with Crippen molar-refractivity contribution in [3.8, 4) is 0 Å². The lowest BCUT2D eigenvalue weighted by Crippen LogP contribution is -2.28. The molecule has 1 aromatic heterocycles. The summed E-state index contributed by atoms with van der Waals surface area (Å²) in [5.74, 6) is -3.96. The van der Waals surface area contributed by atoms with Gasteiger partial charge in [0.2, 0.25) is 0 Å². The minimum absolute atomic E-state index is 0.00610. The molecule has 0 radical (unpaired) electrons. The fourth-order valence-electron chi connectivity index (χ4n) is 1.93. The van der Waals surface area contributed by atoms with Gasteiger partial charge in [-0.15, -0.1) is 0 Å². The largest absolute Gasteiger partial charge is 0.364 e. The van der Waals surface area contributed by atoms with Crippen molar-refractivity contribution < 1.29 is 22.9 Å². The van der Waals surface area contributed by atoms with Crippen molar-refractivity contribution in [2.45, 2.75) is 6.54 Å². The lowest BCUT2D eigenvalue weighted by atomic mass is 10.1. The average Bonchev–Trinajstić information content (AvgIpc) is 2.96. The van der Waals surface area contributed by atoms with Gasteiger partial charge in [0.1, 0.15) is 6.26 Å². The number of amides is 1. The highest BCUT2D eigenvalue weighted by molar-refractivity contribution is 6.52. The summed E-state index contributed by atoms with van der Waals surface area (Å²) in [6.07, 6.45) is 2.67. The molecule has 0 spiro atoms. The van der Waals surface area contributed by atoms with E-state index in [1.165, 1.54) is 12.5 Å². The third-order valence-corrected chi connectivity index (χ3v) is 2.84. The van der Waals surface area contributed by atoms with Crippen LogP contribution in [0.2, 0.25) is 0 Å². The molecule has 7 heteroatoms. The predicted octanol–water partition coefficient (Wildman–Crippen LogP) is 1.68. The number of carbonyl (C=O) groups is 2. The lowest BCUT2D eigenvalue weighted by Gasteiger charge is -2.14. The average molecular weight is 264 g/mol. The molecule has 1 aliphatic rings. The summed E-state index contributed by atoms with van der Waals surface area (Å²) < 4.78 is 30.9. The summed E-state index contributed by atoms with van der Waals surface area (Å²) in [7, 11) is 0. The maximum Gasteiger partial charge on any atom is 0.299 e. The number of carbonyl (C=O) groups excluding carboxylic acids is 2. The second-order valence-corrected chi connectivity index (χ2v) is 4.04. The van der Waals surface area contributed by atoms with Crippen molar-refractivity contribution in [1.29, 1.82) is 0 Å². The minimum Gasteiger partial charge on any atom is -0.364 e. The van der Waals surface area contributed by atoms with Gasteiger partial charge in [0.05, 0.1) is 24.0 Å². The molecule has 0 unspecified atom stereocenters. The quantitative estimate of drug-likeness (QED) is 0.774. The monoisotopic (exact) mass is 264 g/mol. The number of halogens is 2. The first-order valence-electron chi connectivity index (χ1n) is 5.31. The van der Waals surface area contributed by atoms with Crippen molar-refractivity contribution in [3.05, 3.63) is 47.4 Å². The zero-order chi connectivity index (χ0) is 13.6. The standard InChI is InChI=1S/C12H6F2N2O3/c13-8-1-7-10(2-9(8)14)16(12(18)11(7)17)4-6-3-15-19-5-6/h1-3,5H,4H2. The molecular formula is C12H6F2N2O3. The number of nitrogens with zero attached hydrogens (tertiary/aromatic N) is 2. The van der Waals surface area contributed by atoms with E-state index in [1.54, 1.807) is 0 Å². The Labute approximate surface area is 105 Å².